The van der Waals surface area contributed by atoms with Crippen molar-refractivity contribution in [3.8, 4) is 0 Å². The van der Waals surface area contributed by atoms with Crippen LogP contribution in [0, 0.1) is 5.41 Å². The Hall–Kier alpha value is -0.570. The summed E-state index contributed by atoms with van der Waals surface area (Å²) in [6, 6.07) is 0. The van der Waals surface area contributed by atoms with E-state index < -0.39 is 0 Å². The highest BCUT2D eigenvalue weighted by molar-refractivity contribution is 5.78. The molecule has 0 fully saturated rings. The first-order valence-corrected chi connectivity index (χ1v) is 5.18. The Bertz CT molecular complexity index is 126. The van der Waals surface area contributed by atoms with Gasteiger partial charge in [0, 0.05) is 6.61 Å². The van der Waals surface area contributed by atoms with Crippen molar-refractivity contribution in [1.29, 1.82) is 5.41 Å². The third kappa shape index (κ3) is 11.4. The van der Waals surface area contributed by atoms with Crippen molar-refractivity contribution in [3.63, 3.8) is 0 Å². The van der Waals surface area contributed by atoms with Gasteiger partial charge in [-0.15, -0.1) is 0 Å². The van der Waals surface area contributed by atoms with Crippen LogP contribution in [0.2, 0.25) is 0 Å². The Morgan fingerprint density at radius 2 is 1.77 bits per heavy atom. The average Bonchev–Trinajstić information content (AvgIpc) is 2.09. The van der Waals surface area contributed by atoms with Gasteiger partial charge in [0.15, 0.2) is 0 Å². The van der Waals surface area contributed by atoms with Crippen LogP contribution in [-0.4, -0.2) is 19.0 Å². The van der Waals surface area contributed by atoms with Crippen molar-refractivity contribution in [2.75, 3.05) is 13.2 Å². The molecule has 78 valence electrons. The van der Waals surface area contributed by atoms with Gasteiger partial charge in [0.2, 0.25) is 0 Å². The molecule has 0 aromatic heterocycles. The van der Waals surface area contributed by atoms with Gasteiger partial charge in [-0.2, -0.15) is 0 Å². The van der Waals surface area contributed by atoms with E-state index in [9.17, 15) is 0 Å². The Labute approximate surface area is 81.2 Å². The van der Waals surface area contributed by atoms with Gasteiger partial charge in [0.25, 0.3) is 0 Å². The Morgan fingerprint density at radius 3 is 2.38 bits per heavy atom. The van der Waals surface area contributed by atoms with Gasteiger partial charge in [-0.05, 0) is 6.42 Å². The summed E-state index contributed by atoms with van der Waals surface area (Å²) in [5.41, 5.74) is 5.13. The third-order valence-corrected chi connectivity index (χ3v) is 1.90. The predicted molar refractivity (Wildman–Crippen MR) is 56.1 cm³/mol. The standard InChI is InChI=1S/C10H22N2O/c1-2-3-4-5-6-7-8-13-9-10(11)12/h2-9H2,1H3,(H3,11,12). The number of hydrogen-bond donors (Lipinski definition) is 2. The van der Waals surface area contributed by atoms with Crippen LogP contribution in [0.3, 0.4) is 0 Å². The first-order chi connectivity index (χ1) is 6.27. The zero-order valence-corrected chi connectivity index (χ0v) is 8.64. The first kappa shape index (κ1) is 12.4. The molecule has 0 atom stereocenters. The molecule has 0 amide bonds. The van der Waals surface area contributed by atoms with E-state index in [0.29, 0.717) is 0 Å². The Morgan fingerprint density at radius 1 is 1.15 bits per heavy atom. The maximum atomic E-state index is 6.92. The van der Waals surface area contributed by atoms with Gasteiger partial charge in [0.05, 0.1) is 0 Å². The molecule has 0 saturated heterocycles. The minimum atomic E-state index is 0.117. The van der Waals surface area contributed by atoms with E-state index in [-0.39, 0.29) is 12.4 Å². The quantitative estimate of drug-likeness (QED) is 0.330. The molecular weight excluding hydrogens is 164 g/mol. The molecule has 0 saturated carbocycles. The number of rotatable bonds is 9. The fourth-order valence-electron chi connectivity index (χ4n) is 1.17. The largest absolute Gasteiger partial charge is 0.386 e. The second kappa shape index (κ2) is 9.52. The average molecular weight is 186 g/mol. The molecule has 0 spiro atoms. The van der Waals surface area contributed by atoms with E-state index in [1.807, 2.05) is 0 Å². The van der Waals surface area contributed by atoms with E-state index in [1.54, 1.807) is 0 Å². The van der Waals surface area contributed by atoms with E-state index in [4.69, 9.17) is 15.9 Å². The minimum absolute atomic E-state index is 0.117. The van der Waals surface area contributed by atoms with Gasteiger partial charge < -0.3 is 10.5 Å². The zero-order chi connectivity index (χ0) is 9.94. The highest BCUT2D eigenvalue weighted by Crippen LogP contribution is 2.04. The van der Waals surface area contributed by atoms with Gasteiger partial charge in [0.1, 0.15) is 12.4 Å². The lowest BCUT2D eigenvalue weighted by molar-refractivity contribution is 0.165. The normalized spacial score (nSPS) is 10.2. The van der Waals surface area contributed by atoms with Gasteiger partial charge in [-0.25, -0.2) is 0 Å². The van der Waals surface area contributed by atoms with Crippen LogP contribution in [0.5, 0.6) is 0 Å². The Kier molecular flexibility index (Phi) is 9.10. The number of nitrogens with one attached hydrogen (secondary N) is 1. The summed E-state index contributed by atoms with van der Waals surface area (Å²) >= 11 is 0. The lowest BCUT2D eigenvalue weighted by atomic mass is 10.1. The summed E-state index contributed by atoms with van der Waals surface area (Å²) in [6.45, 7) is 3.25. The summed E-state index contributed by atoms with van der Waals surface area (Å²) in [4.78, 5) is 0. The summed E-state index contributed by atoms with van der Waals surface area (Å²) in [5, 5.41) is 6.92. The first-order valence-electron chi connectivity index (χ1n) is 5.18. The van der Waals surface area contributed by atoms with E-state index in [0.717, 1.165) is 13.0 Å². The molecule has 3 heteroatoms. The van der Waals surface area contributed by atoms with Gasteiger partial charge in [-0.1, -0.05) is 39.0 Å². The molecule has 0 aromatic rings. The van der Waals surface area contributed by atoms with Gasteiger partial charge in [-0.3, -0.25) is 5.41 Å². The van der Waals surface area contributed by atoms with Crippen LogP contribution in [0.4, 0.5) is 0 Å². The van der Waals surface area contributed by atoms with Crippen molar-refractivity contribution in [3.05, 3.63) is 0 Å². The lowest BCUT2D eigenvalue weighted by Crippen LogP contribution is -2.17. The number of ether oxygens (including phenoxy) is 1. The topological polar surface area (TPSA) is 59.1 Å². The molecule has 0 aliphatic rings. The molecular formula is C10H22N2O. The molecule has 0 aromatic carbocycles. The number of hydrogen-bond acceptors (Lipinski definition) is 2. The molecule has 0 heterocycles. The summed E-state index contributed by atoms with van der Waals surface area (Å²) in [7, 11) is 0. The smallest absolute Gasteiger partial charge is 0.117 e. The molecule has 0 rings (SSSR count). The van der Waals surface area contributed by atoms with E-state index >= 15 is 0 Å². The highest BCUT2D eigenvalue weighted by Gasteiger charge is 1.91. The molecule has 13 heavy (non-hydrogen) atoms. The third-order valence-electron chi connectivity index (χ3n) is 1.90. The molecule has 3 N–H and O–H groups in total. The molecule has 0 unspecified atom stereocenters. The number of nitrogens with two attached hydrogens (primary N) is 1. The molecule has 0 radical (unpaired) electrons. The van der Waals surface area contributed by atoms with Crippen molar-refractivity contribution in [2.45, 2.75) is 45.4 Å². The van der Waals surface area contributed by atoms with Crippen LogP contribution >= 0.6 is 0 Å². The Balaban J connectivity index is 2.87. The number of amidine groups is 1. The molecule has 0 aliphatic heterocycles. The molecule has 3 nitrogen and oxygen atoms in total. The second-order valence-electron chi connectivity index (χ2n) is 3.35. The highest BCUT2D eigenvalue weighted by atomic mass is 16.5. The van der Waals surface area contributed by atoms with Crippen molar-refractivity contribution in [1.82, 2.24) is 0 Å². The molecule has 0 bridgehead atoms. The SMILES string of the molecule is CCCCCCCCOCC(=N)N. The maximum absolute atomic E-state index is 6.92. The van der Waals surface area contributed by atoms with Crippen molar-refractivity contribution >= 4 is 5.84 Å². The van der Waals surface area contributed by atoms with Crippen LogP contribution in [0.15, 0.2) is 0 Å². The fraction of sp³-hybridized carbons (Fsp3) is 0.900. The van der Waals surface area contributed by atoms with Crippen molar-refractivity contribution < 1.29 is 4.74 Å². The predicted octanol–water partition coefficient (Wildman–Crippen LogP) is 2.30. The van der Waals surface area contributed by atoms with Crippen molar-refractivity contribution in [2.24, 2.45) is 5.73 Å². The summed E-state index contributed by atoms with van der Waals surface area (Å²) < 4.78 is 5.15. The zero-order valence-electron chi connectivity index (χ0n) is 8.64. The monoisotopic (exact) mass is 186 g/mol. The van der Waals surface area contributed by atoms with E-state index in [2.05, 4.69) is 6.92 Å². The van der Waals surface area contributed by atoms with Gasteiger partial charge >= 0.3 is 0 Å². The minimum Gasteiger partial charge on any atom is -0.386 e. The van der Waals surface area contributed by atoms with E-state index in [1.165, 1.54) is 32.1 Å². The summed E-state index contributed by atoms with van der Waals surface area (Å²) in [5.74, 6) is 0.117. The summed E-state index contributed by atoms with van der Waals surface area (Å²) in [6.07, 6.45) is 7.60. The number of unbranched alkanes of at least 4 members (excludes halogenated alkanes) is 5. The lowest BCUT2D eigenvalue weighted by Gasteiger charge is -2.02. The molecule has 0 aliphatic carbocycles. The maximum Gasteiger partial charge on any atom is 0.117 e. The van der Waals surface area contributed by atoms with Crippen LogP contribution in [0.25, 0.3) is 0 Å². The van der Waals surface area contributed by atoms with Crippen LogP contribution in [-0.2, 0) is 4.74 Å². The fourth-order valence-corrected chi connectivity index (χ4v) is 1.17. The second-order valence-corrected chi connectivity index (χ2v) is 3.35. The van der Waals surface area contributed by atoms with Crippen LogP contribution in [0.1, 0.15) is 45.4 Å². The van der Waals surface area contributed by atoms with Crippen LogP contribution < -0.4 is 5.73 Å².